The van der Waals surface area contributed by atoms with Crippen LogP contribution in [-0.2, 0) is 20.9 Å². The minimum absolute atomic E-state index is 0.0928. The van der Waals surface area contributed by atoms with E-state index in [0.29, 0.717) is 35.1 Å². The highest BCUT2D eigenvalue weighted by molar-refractivity contribution is 8.00. The number of aliphatic carboxylic acids is 1. The van der Waals surface area contributed by atoms with Gasteiger partial charge in [-0.3, -0.25) is 15.1 Å². The Hall–Kier alpha value is -3.33. The SMILES string of the molecule is C=c1cc(C)/c(=C\C=C2/CSC(C(NCc3ccccc3)C(=O)OCCC)N=C2C(=O)O)cc1/C=C(\O)Cl. The third-order valence-corrected chi connectivity index (χ3v) is 7.10. The molecule has 2 unspecified atom stereocenters. The number of nitrogens with zero attached hydrogens (tertiary/aromatic N) is 1. The van der Waals surface area contributed by atoms with Crippen LogP contribution in [0.15, 0.2) is 64.3 Å². The molecule has 0 spiro atoms. The van der Waals surface area contributed by atoms with E-state index in [4.69, 9.17) is 16.3 Å². The number of thioether (sulfide) groups is 1. The van der Waals surface area contributed by atoms with Gasteiger partial charge in [0.05, 0.1) is 6.61 Å². The van der Waals surface area contributed by atoms with Crippen molar-refractivity contribution in [1.82, 2.24) is 5.32 Å². The number of hydrogen-bond donors (Lipinski definition) is 3. The Labute approximate surface area is 231 Å². The molecule has 0 bridgehead atoms. The fraction of sp³-hybridized carbons (Fsp3) is 0.276. The number of aliphatic hydroxyl groups is 1. The molecule has 9 heteroatoms. The molecule has 200 valence electrons. The van der Waals surface area contributed by atoms with Crippen LogP contribution in [0.5, 0.6) is 0 Å². The van der Waals surface area contributed by atoms with Crippen LogP contribution in [0, 0.1) is 6.92 Å². The first-order valence-corrected chi connectivity index (χ1v) is 13.6. The number of aliphatic hydroxyl groups excluding tert-OH is 1. The van der Waals surface area contributed by atoms with Gasteiger partial charge < -0.3 is 14.9 Å². The van der Waals surface area contributed by atoms with E-state index in [9.17, 15) is 19.8 Å². The summed E-state index contributed by atoms with van der Waals surface area (Å²) in [5.41, 5.74) is 3.00. The van der Waals surface area contributed by atoms with Crippen molar-refractivity contribution in [2.75, 3.05) is 12.4 Å². The van der Waals surface area contributed by atoms with Crippen LogP contribution in [-0.4, -0.2) is 51.6 Å². The third-order valence-electron chi connectivity index (χ3n) is 5.80. The lowest BCUT2D eigenvalue weighted by molar-refractivity contribution is -0.146. The maximum absolute atomic E-state index is 12.9. The summed E-state index contributed by atoms with van der Waals surface area (Å²) in [6.45, 7) is 8.48. The first kappa shape index (κ1) is 29.2. The Morgan fingerprint density at radius 1 is 1.26 bits per heavy atom. The number of carboxylic acids is 1. The molecule has 0 fully saturated rings. The van der Waals surface area contributed by atoms with E-state index in [-0.39, 0.29) is 17.5 Å². The lowest BCUT2D eigenvalue weighted by Gasteiger charge is -2.27. The lowest BCUT2D eigenvalue weighted by atomic mass is 10.1. The molecule has 38 heavy (non-hydrogen) atoms. The van der Waals surface area contributed by atoms with Gasteiger partial charge in [-0.1, -0.05) is 62.1 Å². The number of rotatable bonds is 10. The molecular weight excluding hydrogens is 524 g/mol. The summed E-state index contributed by atoms with van der Waals surface area (Å²) in [7, 11) is 0. The molecule has 0 aliphatic carbocycles. The Morgan fingerprint density at radius 2 is 2.00 bits per heavy atom. The molecule has 0 aromatic heterocycles. The Kier molecular flexibility index (Phi) is 10.8. The number of hydrogen-bond acceptors (Lipinski definition) is 7. The molecule has 0 saturated carbocycles. The van der Waals surface area contributed by atoms with Crippen molar-refractivity contribution in [1.29, 1.82) is 0 Å². The van der Waals surface area contributed by atoms with Crippen molar-refractivity contribution < 1.29 is 24.5 Å². The van der Waals surface area contributed by atoms with Crippen LogP contribution < -0.4 is 15.8 Å². The summed E-state index contributed by atoms with van der Waals surface area (Å²) in [4.78, 5) is 29.5. The molecule has 1 aliphatic heterocycles. The maximum atomic E-state index is 12.9. The second-order valence-corrected chi connectivity index (χ2v) is 10.2. The van der Waals surface area contributed by atoms with E-state index in [1.807, 2.05) is 56.3 Å². The molecule has 1 aliphatic rings. The van der Waals surface area contributed by atoms with Crippen molar-refractivity contribution in [2.24, 2.45) is 4.99 Å². The Balaban J connectivity index is 1.93. The number of aryl methyl sites for hydroxylation is 1. The molecule has 2 atom stereocenters. The monoisotopic (exact) mass is 554 g/mol. The zero-order valence-corrected chi connectivity index (χ0v) is 22.9. The predicted octanol–water partition coefficient (Wildman–Crippen LogP) is 3.92. The number of halogens is 1. The van der Waals surface area contributed by atoms with Gasteiger partial charge in [-0.05, 0) is 69.8 Å². The van der Waals surface area contributed by atoms with Crippen molar-refractivity contribution in [2.45, 2.75) is 38.2 Å². The lowest BCUT2D eigenvalue weighted by Crippen LogP contribution is -2.46. The highest BCUT2D eigenvalue weighted by Crippen LogP contribution is 2.27. The number of benzene rings is 2. The molecule has 0 radical (unpaired) electrons. The van der Waals surface area contributed by atoms with Crippen molar-refractivity contribution in [3.8, 4) is 0 Å². The van der Waals surface area contributed by atoms with E-state index in [2.05, 4.69) is 16.9 Å². The zero-order chi connectivity index (χ0) is 27.7. The number of allylic oxidation sites excluding steroid dienone is 1. The van der Waals surface area contributed by atoms with E-state index in [1.54, 1.807) is 12.2 Å². The minimum Gasteiger partial charge on any atom is -0.499 e. The summed E-state index contributed by atoms with van der Waals surface area (Å²) in [6, 6.07) is 12.5. The van der Waals surface area contributed by atoms with Gasteiger partial charge in [-0.15, -0.1) is 11.8 Å². The number of carboxylic acid groups (broad SMARTS) is 1. The maximum Gasteiger partial charge on any atom is 0.354 e. The summed E-state index contributed by atoms with van der Waals surface area (Å²) in [5, 5.41) is 23.1. The van der Waals surface area contributed by atoms with Crippen LogP contribution >= 0.6 is 23.4 Å². The van der Waals surface area contributed by atoms with Crippen molar-refractivity contribution in [3.63, 3.8) is 0 Å². The summed E-state index contributed by atoms with van der Waals surface area (Å²) < 4.78 is 5.40. The first-order valence-electron chi connectivity index (χ1n) is 12.1. The van der Waals surface area contributed by atoms with Crippen LogP contribution in [0.25, 0.3) is 18.7 Å². The smallest absolute Gasteiger partial charge is 0.354 e. The second kappa shape index (κ2) is 14.0. The van der Waals surface area contributed by atoms with Gasteiger partial charge in [0.1, 0.15) is 17.1 Å². The normalized spacial score (nSPS) is 18.2. The van der Waals surface area contributed by atoms with Crippen LogP contribution in [0.4, 0.5) is 0 Å². The predicted molar refractivity (Wildman–Crippen MR) is 155 cm³/mol. The molecule has 3 N–H and O–H groups in total. The molecular formula is C29H31ClN2O5S. The second-order valence-electron chi connectivity index (χ2n) is 8.73. The van der Waals surface area contributed by atoms with E-state index >= 15 is 0 Å². The number of carbonyl (C=O) groups excluding carboxylic acids is 1. The largest absolute Gasteiger partial charge is 0.499 e. The van der Waals surface area contributed by atoms with Crippen molar-refractivity contribution in [3.05, 3.63) is 86.5 Å². The van der Waals surface area contributed by atoms with Crippen LogP contribution in [0.1, 0.15) is 30.0 Å². The average molecular weight is 555 g/mol. The number of nitrogens with one attached hydrogen (secondary N) is 1. The highest BCUT2D eigenvalue weighted by atomic mass is 35.5. The van der Waals surface area contributed by atoms with Gasteiger partial charge in [0.25, 0.3) is 0 Å². The summed E-state index contributed by atoms with van der Waals surface area (Å²) in [6.07, 6.45) is 5.60. The van der Waals surface area contributed by atoms with Gasteiger partial charge in [0.15, 0.2) is 5.22 Å². The fourth-order valence-corrected chi connectivity index (χ4v) is 5.11. The zero-order valence-electron chi connectivity index (χ0n) is 21.3. The number of carbonyl (C=O) groups is 2. The number of esters is 1. The van der Waals surface area contributed by atoms with Crippen LogP contribution in [0.2, 0.25) is 0 Å². The fourth-order valence-electron chi connectivity index (χ4n) is 3.83. The molecule has 0 amide bonds. The Morgan fingerprint density at radius 3 is 2.66 bits per heavy atom. The van der Waals surface area contributed by atoms with Gasteiger partial charge in [0, 0.05) is 12.3 Å². The number of aliphatic imine (C=N–C) groups is 1. The van der Waals surface area contributed by atoms with Gasteiger partial charge >= 0.3 is 11.9 Å². The summed E-state index contributed by atoms with van der Waals surface area (Å²) in [5.74, 6) is -1.28. The van der Waals surface area contributed by atoms with E-state index in [1.165, 1.54) is 17.8 Å². The molecule has 1 heterocycles. The van der Waals surface area contributed by atoms with Crippen molar-refractivity contribution >= 4 is 59.7 Å². The molecule has 2 aromatic rings. The molecule has 0 saturated heterocycles. The van der Waals surface area contributed by atoms with Crippen LogP contribution in [0.3, 0.4) is 0 Å². The quantitative estimate of drug-likeness (QED) is 0.302. The molecule has 3 rings (SSSR count). The van der Waals surface area contributed by atoms with E-state index in [0.717, 1.165) is 16.3 Å². The molecule has 7 nitrogen and oxygen atoms in total. The Bertz CT molecular complexity index is 1370. The highest BCUT2D eigenvalue weighted by Gasteiger charge is 2.34. The number of ether oxygens (including phenoxy) is 1. The van der Waals surface area contributed by atoms with Gasteiger partial charge in [-0.2, -0.15) is 0 Å². The third kappa shape index (κ3) is 8.08. The van der Waals surface area contributed by atoms with E-state index < -0.39 is 23.4 Å². The first-order chi connectivity index (χ1) is 18.2. The molecule has 2 aromatic carbocycles. The standard InChI is InChI=1S/C29H31ClN2O5S/c1-4-12-37-29(36)26(31-16-20-8-6-5-7-9-20)27-32-25(28(34)35)22(17-38-27)11-10-21-14-23(15-24(30)33)19(3)13-18(21)2/h5-11,13-15,26-27,31,33H,3-4,12,16-17H2,1-2H3,(H,34,35)/b21-10-,22-11+,24-15-. The minimum atomic E-state index is -1.17. The van der Waals surface area contributed by atoms with Gasteiger partial charge in [0.2, 0.25) is 0 Å². The summed E-state index contributed by atoms with van der Waals surface area (Å²) >= 11 is 7.00. The average Bonchev–Trinajstić information content (AvgIpc) is 2.89. The van der Waals surface area contributed by atoms with Gasteiger partial charge in [-0.25, -0.2) is 4.79 Å². The topological polar surface area (TPSA) is 108 Å².